The third-order valence-corrected chi connectivity index (χ3v) is 4.11. The maximum atomic E-state index is 11.9. The predicted octanol–water partition coefficient (Wildman–Crippen LogP) is 1.66. The molecule has 0 bridgehead atoms. The maximum absolute atomic E-state index is 11.9. The van der Waals surface area contributed by atoms with Crippen LogP contribution < -0.4 is 0 Å². The highest BCUT2D eigenvalue weighted by atomic mass is 32.1. The molecule has 2 aromatic rings. The Morgan fingerprint density at radius 1 is 1.44 bits per heavy atom. The van der Waals surface area contributed by atoms with E-state index >= 15 is 0 Å². The molecular formula is C13H14N2O2S. The fourth-order valence-corrected chi connectivity index (χ4v) is 3.18. The first-order valence-electron chi connectivity index (χ1n) is 6.04. The van der Waals surface area contributed by atoms with Gasteiger partial charge < -0.3 is 5.11 Å². The second-order valence-electron chi connectivity index (χ2n) is 4.39. The zero-order valence-electron chi connectivity index (χ0n) is 9.93. The van der Waals surface area contributed by atoms with E-state index in [4.69, 9.17) is 5.11 Å². The highest BCUT2D eigenvalue weighted by Gasteiger charge is 2.28. The number of aliphatic hydroxyl groups is 1. The van der Waals surface area contributed by atoms with Crippen LogP contribution in [0.2, 0.25) is 0 Å². The van der Waals surface area contributed by atoms with Crippen LogP contribution in [-0.2, 0) is 19.4 Å². The van der Waals surface area contributed by atoms with Crippen molar-refractivity contribution in [1.29, 1.82) is 0 Å². The Bertz CT molecular complexity index is 572. The molecule has 0 spiro atoms. The molecule has 5 heteroatoms. The van der Waals surface area contributed by atoms with Gasteiger partial charge in [-0.2, -0.15) is 5.10 Å². The molecule has 0 radical (unpaired) electrons. The lowest BCUT2D eigenvalue weighted by Gasteiger charge is -2.01. The molecule has 1 N–H and O–H groups in total. The van der Waals surface area contributed by atoms with E-state index in [1.807, 2.05) is 11.4 Å². The highest BCUT2D eigenvalue weighted by Crippen LogP contribution is 2.27. The Balaban J connectivity index is 1.99. The number of nitrogens with zero attached hydrogens (tertiary/aromatic N) is 2. The largest absolute Gasteiger partial charge is 0.394 e. The molecule has 0 fully saturated rings. The van der Waals surface area contributed by atoms with E-state index in [1.165, 1.54) is 4.88 Å². The number of aliphatic hydroxyl groups excluding tert-OH is 1. The van der Waals surface area contributed by atoms with Gasteiger partial charge in [-0.15, -0.1) is 11.3 Å². The van der Waals surface area contributed by atoms with Gasteiger partial charge in [0, 0.05) is 17.7 Å². The Morgan fingerprint density at radius 2 is 2.33 bits per heavy atom. The topological polar surface area (TPSA) is 55.1 Å². The molecule has 0 aromatic carbocycles. The molecule has 2 aromatic heterocycles. The van der Waals surface area contributed by atoms with Crippen molar-refractivity contribution < 1.29 is 9.90 Å². The summed E-state index contributed by atoms with van der Waals surface area (Å²) in [5.74, 6) is 0.195. The van der Waals surface area contributed by atoms with Crippen LogP contribution in [0, 0.1) is 0 Å². The van der Waals surface area contributed by atoms with Crippen molar-refractivity contribution in [3.8, 4) is 0 Å². The first-order valence-corrected chi connectivity index (χ1v) is 6.92. The minimum absolute atomic E-state index is 0.0563. The zero-order chi connectivity index (χ0) is 12.5. The highest BCUT2D eigenvalue weighted by molar-refractivity contribution is 7.09. The lowest BCUT2D eigenvalue weighted by atomic mass is 10.1. The summed E-state index contributed by atoms with van der Waals surface area (Å²) < 4.78 is 1.79. The van der Waals surface area contributed by atoms with Gasteiger partial charge in [0.1, 0.15) is 0 Å². The van der Waals surface area contributed by atoms with Crippen LogP contribution in [0.25, 0.3) is 0 Å². The number of ketones is 1. The summed E-state index contributed by atoms with van der Waals surface area (Å²) in [7, 11) is 0. The number of Topliss-reactive ketones (excluding diaryl/α,β-unsaturated/α-hetero) is 1. The summed E-state index contributed by atoms with van der Waals surface area (Å²) in [5, 5.41) is 15.6. The molecule has 18 heavy (non-hydrogen) atoms. The monoisotopic (exact) mass is 262 g/mol. The molecule has 0 amide bonds. The van der Waals surface area contributed by atoms with Crippen LogP contribution in [0.4, 0.5) is 0 Å². The summed E-state index contributed by atoms with van der Waals surface area (Å²) in [5.41, 5.74) is 2.67. The number of thiophene rings is 1. The Kier molecular flexibility index (Phi) is 3.01. The van der Waals surface area contributed by atoms with Crippen LogP contribution >= 0.6 is 11.3 Å². The Morgan fingerprint density at radius 3 is 3.06 bits per heavy atom. The molecule has 0 saturated carbocycles. The number of rotatable bonds is 4. The van der Waals surface area contributed by atoms with Crippen molar-refractivity contribution in [2.75, 3.05) is 6.61 Å². The van der Waals surface area contributed by atoms with Crippen molar-refractivity contribution in [3.05, 3.63) is 39.3 Å². The number of aromatic nitrogens is 2. The summed E-state index contributed by atoms with van der Waals surface area (Å²) in [6.45, 7) is 0.529. The lowest BCUT2D eigenvalue weighted by Crippen LogP contribution is -2.07. The van der Waals surface area contributed by atoms with Gasteiger partial charge in [-0.25, -0.2) is 0 Å². The normalized spacial score (nSPS) is 14.2. The van der Waals surface area contributed by atoms with Crippen LogP contribution in [0.3, 0.4) is 0 Å². The average molecular weight is 262 g/mol. The molecule has 0 unspecified atom stereocenters. The third-order valence-electron chi connectivity index (χ3n) is 3.23. The van der Waals surface area contributed by atoms with E-state index in [0.29, 0.717) is 19.4 Å². The standard InChI is InChI=1S/C13H14N2O2S/c16-6-5-15-11-3-4-12(17)13(11)10(14-15)8-9-2-1-7-18-9/h1-2,7,16H,3-6,8H2. The van der Waals surface area contributed by atoms with Crippen molar-refractivity contribution in [1.82, 2.24) is 9.78 Å². The second kappa shape index (κ2) is 4.66. The molecule has 1 aliphatic rings. The summed E-state index contributed by atoms with van der Waals surface area (Å²) in [4.78, 5) is 13.1. The molecule has 4 nitrogen and oxygen atoms in total. The Labute approximate surface area is 109 Å². The molecule has 0 saturated heterocycles. The van der Waals surface area contributed by atoms with E-state index in [2.05, 4.69) is 11.2 Å². The molecule has 1 aliphatic carbocycles. The van der Waals surface area contributed by atoms with Crippen LogP contribution in [0.1, 0.15) is 33.0 Å². The van der Waals surface area contributed by atoms with Crippen LogP contribution in [0.5, 0.6) is 0 Å². The van der Waals surface area contributed by atoms with E-state index in [0.717, 1.165) is 23.4 Å². The fraction of sp³-hybridized carbons (Fsp3) is 0.385. The van der Waals surface area contributed by atoms with Crippen LogP contribution in [0.15, 0.2) is 17.5 Å². The SMILES string of the molecule is O=C1CCc2c1c(Cc1cccs1)nn2CCO. The van der Waals surface area contributed by atoms with Gasteiger partial charge in [0.25, 0.3) is 0 Å². The summed E-state index contributed by atoms with van der Waals surface area (Å²) in [6, 6.07) is 4.06. The van der Waals surface area contributed by atoms with Gasteiger partial charge in [0.15, 0.2) is 5.78 Å². The number of hydrogen-bond acceptors (Lipinski definition) is 4. The number of carbonyl (C=O) groups excluding carboxylic acids is 1. The fourth-order valence-electron chi connectivity index (χ4n) is 2.47. The van der Waals surface area contributed by atoms with Crippen molar-refractivity contribution in [3.63, 3.8) is 0 Å². The second-order valence-corrected chi connectivity index (χ2v) is 5.43. The van der Waals surface area contributed by atoms with Gasteiger partial charge in [0.2, 0.25) is 0 Å². The molecular weight excluding hydrogens is 248 g/mol. The van der Waals surface area contributed by atoms with Gasteiger partial charge >= 0.3 is 0 Å². The first kappa shape index (κ1) is 11.6. The maximum Gasteiger partial charge on any atom is 0.167 e. The number of fused-ring (bicyclic) bond motifs is 1. The zero-order valence-corrected chi connectivity index (χ0v) is 10.7. The van der Waals surface area contributed by atoms with Crippen molar-refractivity contribution in [2.45, 2.75) is 25.8 Å². The molecule has 3 rings (SSSR count). The molecule has 2 heterocycles. The molecule has 0 aliphatic heterocycles. The van der Waals surface area contributed by atoms with E-state index < -0.39 is 0 Å². The van der Waals surface area contributed by atoms with Crippen LogP contribution in [-0.4, -0.2) is 27.3 Å². The van der Waals surface area contributed by atoms with Gasteiger partial charge in [-0.1, -0.05) is 6.07 Å². The average Bonchev–Trinajstić information content (AvgIpc) is 3.02. The lowest BCUT2D eigenvalue weighted by molar-refractivity contribution is 0.0993. The van der Waals surface area contributed by atoms with Gasteiger partial charge in [-0.05, 0) is 17.9 Å². The van der Waals surface area contributed by atoms with Crippen molar-refractivity contribution >= 4 is 17.1 Å². The van der Waals surface area contributed by atoms with E-state index in [-0.39, 0.29) is 12.4 Å². The molecule has 94 valence electrons. The summed E-state index contributed by atoms with van der Waals surface area (Å²) in [6.07, 6.45) is 2.05. The minimum Gasteiger partial charge on any atom is -0.394 e. The minimum atomic E-state index is 0.0563. The Hall–Kier alpha value is -1.46. The predicted molar refractivity (Wildman–Crippen MR) is 69.1 cm³/mol. The number of carbonyl (C=O) groups is 1. The number of hydrogen-bond donors (Lipinski definition) is 1. The van der Waals surface area contributed by atoms with E-state index in [1.54, 1.807) is 16.0 Å². The first-order chi connectivity index (χ1) is 8.79. The quantitative estimate of drug-likeness (QED) is 0.911. The molecule has 0 atom stereocenters. The van der Waals surface area contributed by atoms with Crippen molar-refractivity contribution in [2.24, 2.45) is 0 Å². The summed E-state index contributed by atoms with van der Waals surface area (Å²) >= 11 is 1.68. The van der Waals surface area contributed by atoms with Gasteiger partial charge in [-0.3, -0.25) is 9.48 Å². The van der Waals surface area contributed by atoms with Gasteiger partial charge in [0.05, 0.1) is 30.1 Å². The third kappa shape index (κ3) is 1.89. The van der Waals surface area contributed by atoms with E-state index in [9.17, 15) is 4.79 Å². The smallest absolute Gasteiger partial charge is 0.167 e.